The summed E-state index contributed by atoms with van der Waals surface area (Å²) in [4.78, 5) is 2.00. The Morgan fingerprint density at radius 1 is 1.22 bits per heavy atom. The van der Waals surface area contributed by atoms with E-state index < -0.39 is 6.10 Å². The van der Waals surface area contributed by atoms with Crippen molar-refractivity contribution in [3.05, 3.63) is 41.3 Å². The molecule has 0 amide bonds. The lowest BCUT2D eigenvalue weighted by molar-refractivity contribution is 0.122. The van der Waals surface area contributed by atoms with Gasteiger partial charge in [-0.25, -0.2) is 0 Å². The topological polar surface area (TPSA) is 68.0 Å². The van der Waals surface area contributed by atoms with Crippen LogP contribution in [0.2, 0.25) is 0 Å². The Morgan fingerprint density at radius 3 is 2.74 bits per heavy atom. The molecular weight excluding hydrogens is 296 g/mol. The Morgan fingerprint density at radius 2 is 2.00 bits per heavy atom. The van der Waals surface area contributed by atoms with E-state index in [0.29, 0.717) is 32.1 Å². The van der Waals surface area contributed by atoms with Crippen LogP contribution in [0.25, 0.3) is 0 Å². The van der Waals surface area contributed by atoms with E-state index in [2.05, 4.69) is 5.16 Å². The summed E-state index contributed by atoms with van der Waals surface area (Å²) in [5.41, 5.74) is 1.67. The lowest BCUT2D eigenvalue weighted by atomic mass is 10.1. The third-order valence-electron chi connectivity index (χ3n) is 3.75. The molecule has 2 heterocycles. The van der Waals surface area contributed by atoms with Gasteiger partial charge in [0.05, 0.1) is 25.0 Å². The number of hydrogen-bond acceptors (Lipinski definition) is 6. The predicted octanol–water partition coefficient (Wildman–Crippen LogP) is 2.31. The van der Waals surface area contributed by atoms with Crippen molar-refractivity contribution in [1.29, 1.82) is 0 Å². The van der Waals surface area contributed by atoms with Crippen LogP contribution in [0.1, 0.15) is 29.5 Å². The number of nitrogens with zero attached hydrogens (tertiary/aromatic N) is 2. The summed E-state index contributed by atoms with van der Waals surface area (Å²) >= 11 is 0. The number of aliphatic hydroxyl groups excluding tert-OH is 1. The largest absolute Gasteiger partial charge is 0.490 e. The van der Waals surface area contributed by atoms with Gasteiger partial charge in [-0.2, -0.15) is 0 Å². The molecule has 3 rings (SSSR count). The van der Waals surface area contributed by atoms with Crippen molar-refractivity contribution in [3.63, 3.8) is 0 Å². The summed E-state index contributed by atoms with van der Waals surface area (Å²) in [6.45, 7) is 4.28. The molecule has 0 fully saturated rings. The highest BCUT2D eigenvalue weighted by Gasteiger charge is 2.16. The average Bonchev–Trinajstić information content (AvgIpc) is 2.79. The van der Waals surface area contributed by atoms with Gasteiger partial charge in [-0.05, 0) is 31.7 Å². The summed E-state index contributed by atoms with van der Waals surface area (Å²) in [7, 11) is 1.94. The summed E-state index contributed by atoms with van der Waals surface area (Å²) in [5.74, 6) is 2.23. The zero-order valence-electron chi connectivity index (χ0n) is 13.5. The minimum atomic E-state index is -0.606. The molecule has 0 unspecified atom stereocenters. The number of likely N-dealkylation sites (N-methyl/N-ethyl adjacent to an activating group) is 1. The number of benzene rings is 1. The van der Waals surface area contributed by atoms with Gasteiger partial charge in [-0.3, -0.25) is 4.90 Å². The van der Waals surface area contributed by atoms with Crippen molar-refractivity contribution in [3.8, 4) is 11.5 Å². The molecule has 1 aliphatic heterocycles. The van der Waals surface area contributed by atoms with Crippen LogP contribution in [0.5, 0.6) is 11.5 Å². The number of ether oxygens (including phenoxy) is 2. The van der Waals surface area contributed by atoms with Crippen LogP contribution < -0.4 is 9.47 Å². The maximum Gasteiger partial charge on any atom is 0.161 e. The first-order valence-corrected chi connectivity index (χ1v) is 7.80. The molecule has 0 spiro atoms. The van der Waals surface area contributed by atoms with Crippen LogP contribution in [0, 0.1) is 6.92 Å². The zero-order chi connectivity index (χ0) is 16.2. The van der Waals surface area contributed by atoms with Crippen LogP contribution in [-0.4, -0.2) is 42.0 Å². The third kappa shape index (κ3) is 4.03. The molecule has 6 heteroatoms. The summed E-state index contributed by atoms with van der Waals surface area (Å²) in [5, 5.41) is 14.4. The zero-order valence-corrected chi connectivity index (χ0v) is 13.5. The standard InChI is InChI=1S/C17H22N2O4/c1-12-8-14(18-23-12)10-19(2)11-15(20)13-4-5-16-17(9-13)22-7-3-6-21-16/h4-5,8-9,15,20H,3,6-7,10-11H2,1-2H3/t15-/m0/s1. The predicted molar refractivity (Wildman–Crippen MR) is 84.6 cm³/mol. The molecule has 23 heavy (non-hydrogen) atoms. The van der Waals surface area contributed by atoms with Crippen LogP contribution >= 0.6 is 0 Å². The number of aromatic nitrogens is 1. The van der Waals surface area contributed by atoms with Gasteiger partial charge in [0.15, 0.2) is 11.5 Å². The molecule has 0 saturated heterocycles. The molecule has 124 valence electrons. The minimum absolute atomic E-state index is 0.492. The number of aryl methyl sites for hydroxylation is 1. The van der Waals surface area contributed by atoms with E-state index in [1.165, 1.54) is 0 Å². The molecule has 1 atom stereocenters. The van der Waals surface area contributed by atoms with Gasteiger partial charge in [0.1, 0.15) is 5.76 Å². The molecule has 0 bridgehead atoms. The first kappa shape index (κ1) is 15.8. The number of aliphatic hydroxyl groups is 1. The molecule has 0 radical (unpaired) electrons. The number of rotatable bonds is 5. The molecule has 1 N–H and O–H groups in total. The number of fused-ring (bicyclic) bond motifs is 1. The van der Waals surface area contributed by atoms with Gasteiger partial charge in [-0.15, -0.1) is 0 Å². The Labute approximate surface area is 135 Å². The molecule has 2 aromatic rings. The van der Waals surface area contributed by atoms with Gasteiger partial charge < -0.3 is 19.1 Å². The van der Waals surface area contributed by atoms with Crippen LogP contribution in [0.4, 0.5) is 0 Å². The second kappa shape index (κ2) is 7.02. The summed E-state index contributed by atoms with van der Waals surface area (Å²) in [6, 6.07) is 7.50. The van der Waals surface area contributed by atoms with E-state index in [0.717, 1.165) is 29.2 Å². The molecule has 0 aliphatic carbocycles. The lowest BCUT2D eigenvalue weighted by Crippen LogP contribution is -2.24. The van der Waals surface area contributed by atoms with Gasteiger partial charge in [0.2, 0.25) is 0 Å². The van der Waals surface area contributed by atoms with Crippen molar-refractivity contribution in [1.82, 2.24) is 10.1 Å². The summed E-state index contributed by atoms with van der Waals surface area (Å²) < 4.78 is 16.3. The van der Waals surface area contributed by atoms with E-state index in [1.54, 1.807) is 0 Å². The average molecular weight is 318 g/mol. The monoisotopic (exact) mass is 318 g/mol. The Balaban J connectivity index is 1.63. The van der Waals surface area contributed by atoms with Crippen LogP contribution in [-0.2, 0) is 6.54 Å². The smallest absolute Gasteiger partial charge is 0.161 e. The van der Waals surface area contributed by atoms with Gasteiger partial charge in [-0.1, -0.05) is 11.2 Å². The van der Waals surface area contributed by atoms with E-state index >= 15 is 0 Å². The van der Waals surface area contributed by atoms with Crippen LogP contribution in [0.3, 0.4) is 0 Å². The van der Waals surface area contributed by atoms with E-state index in [4.69, 9.17) is 14.0 Å². The van der Waals surface area contributed by atoms with Crippen molar-refractivity contribution in [2.45, 2.75) is 26.0 Å². The molecule has 1 aliphatic rings. The highest BCUT2D eigenvalue weighted by Crippen LogP contribution is 2.32. The fourth-order valence-electron chi connectivity index (χ4n) is 2.62. The second-order valence-corrected chi connectivity index (χ2v) is 5.90. The van der Waals surface area contributed by atoms with Gasteiger partial charge in [0.25, 0.3) is 0 Å². The minimum Gasteiger partial charge on any atom is -0.490 e. The van der Waals surface area contributed by atoms with Crippen molar-refractivity contribution >= 4 is 0 Å². The normalized spacial score (nSPS) is 15.5. The van der Waals surface area contributed by atoms with Crippen molar-refractivity contribution in [2.24, 2.45) is 0 Å². The van der Waals surface area contributed by atoms with Gasteiger partial charge in [0, 0.05) is 25.6 Å². The molecule has 1 aromatic heterocycles. The van der Waals surface area contributed by atoms with E-state index in [1.807, 2.05) is 43.1 Å². The first-order chi connectivity index (χ1) is 11.1. The third-order valence-corrected chi connectivity index (χ3v) is 3.75. The Kier molecular flexibility index (Phi) is 4.83. The highest BCUT2D eigenvalue weighted by atomic mass is 16.5. The fraction of sp³-hybridized carbons (Fsp3) is 0.471. The van der Waals surface area contributed by atoms with Crippen molar-refractivity contribution in [2.75, 3.05) is 26.8 Å². The SMILES string of the molecule is Cc1cc(CN(C)C[C@H](O)c2ccc3c(c2)OCCCO3)no1. The second-order valence-electron chi connectivity index (χ2n) is 5.90. The molecular formula is C17H22N2O4. The van der Waals surface area contributed by atoms with E-state index in [-0.39, 0.29) is 0 Å². The Bertz CT molecular complexity index is 656. The fourth-order valence-corrected chi connectivity index (χ4v) is 2.62. The lowest BCUT2D eigenvalue weighted by Gasteiger charge is -2.20. The van der Waals surface area contributed by atoms with E-state index in [9.17, 15) is 5.11 Å². The first-order valence-electron chi connectivity index (χ1n) is 7.80. The van der Waals surface area contributed by atoms with Gasteiger partial charge >= 0.3 is 0 Å². The maximum atomic E-state index is 10.5. The highest BCUT2D eigenvalue weighted by molar-refractivity contribution is 5.44. The molecule has 0 saturated carbocycles. The number of hydrogen-bond donors (Lipinski definition) is 1. The Hall–Kier alpha value is -2.05. The maximum absolute atomic E-state index is 10.5. The molecule has 1 aromatic carbocycles. The quantitative estimate of drug-likeness (QED) is 0.912. The summed E-state index contributed by atoms with van der Waals surface area (Å²) in [6.07, 6.45) is 0.261. The van der Waals surface area contributed by atoms with Crippen molar-refractivity contribution < 1.29 is 19.1 Å². The van der Waals surface area contributed by atoms with Crippen LogP contribution in [0.15, 0.2) is 28.8 Å². The molecule has 6 nitrogen and oxygen atoms in total.